The van der Waals surface area contributed by atoms with Crippen LogP contribution in [0.15, 0.2) is 6.07 Å². The molecule has 1 aliphatic heterocycles. The van der Waals surface area contributed by atoms with E-state index >= 15 is 0 Å². The van der Waals surface area contributed by atoms with E-state index in [0.717, 1.165) is 19.4 Å². The highest BCUT2D eigenvalue weighted by molar-refractivity contribution is 5.94. The minimum Gasteiger partial charge on any atom is -0.477 e. The van der Waals surface area contributed by atoms with Gasteiger partial charge in [-0.15, -0.1) is 0 Å². The Bertz CT molecular complexity index is 485. The second-order valence-electron chi connectivity index (χ2n) is 4.81. The van der Waals surface area contributed by atoms with Gasteiger partial charge in [0.15, 0.2) is 5.82 Å². The first-order chi connectivity index (χ1) is 9.02. The Morgan fingerprint density at radius 1 is 1.63 bits per heavy atom. The average molecular weight is 266 g/mol. The molecule has 3 N–H and O–H groups in total. The summed E-state index contributed by atoms with van der Waals surface area (Å²) in [6.07, 6.45) is 1.73. The molecular formula is C12H18N4O3. The van der Waals surface area contributed by atoms with Crippen LogP contribution in [0.4, 0.5) is 5.82 Å². The summed E-state index contributed by atoms with van der Waals surface area (Å²) in [4.78, 5) is 25.1. The van der Waals surface area contributed by atoms with Crippen LogP contribution in [0.5, 0.6) is 0 Å². The smallest absolute Gasteiger partial charge is 0.353 e. The number of carbonyl (C=O) groups excluding carboxylic acids is 1. The second kappa shape index (κ2) is 5.40. The van der Waals surface area contributed by atoms with Crippen molar-refractivity contribution in [3.63, 3.8) is 0 Å². The number of carboxylic acids is 1. The molecule has 0 bridgehead atoms. The Morgan fingerprint density at radius 3 is 2.95 bits per heavy atom. The minimum atomic E-state index is -1.10. The van der Waals surface area contributed by atoms with Gasteiger partial charge in [0, 0.05) is 12.1 Å². The number of rotatable bonds is 4. The summed E-state index contributed by atoms with van der Waals surface area (Å²) < 4.78 is 0. The van der Waals surface area contributed by atoms with Crippen molar-refractivity contribution in [2.45, 2.75) is 25.8 Å². The zero-order valence-corrected chi connectivity index (χ0v) is 11.0. The number of anilines is 1. The van der Waals surface area contributed by atoms with E-state index in [-0.39, 0.29) is 29.4 Å². The van der Waals surface area contributed by atoms with Crippen LogP contribution in [0.3, 0.4) is 0 Å². The number of nitrogens with one attached hydrogen (secondary N) is 2. The van der Waals surface area contributed by atoms with Gasteiger partial charge in [0.25, 0.3) is 0 Å². The summed E-state index contributed by atoms with van der Waals surface area (Å²) in [5, 5.41) is 17.6. The number of carboxylic acid groups (broad SMARTS) is 1. The molecule has 104 valence electrons. The largest absolute Gasteiger partial charge is 0.477 e. The Labute approximate surface area is 111 Å². The van der Waals surface area contributed by atoms with Crippen LogP contribution in [0, 0.1) is 5.92 Å². The number of carbonyl (C=O) groups is 2. The maximum atomic E-state index is 12.2. The van der Waals surface area contributed by atoms with Crippen LogP contribution in [0.1, 0.15) is 30.3 Å². The van der Waals surface area contributed by atoms with Crippen molar-refractivity contribution >= 4 is 17.7 Å². The van der Waals surface area contributed by atoms with Gasteiger partial charge in [-0.2, -0.15) is 5.10 Å². The molecule has 1 aliphatic rings. The first-order valence-electron chi connectivity index (χ1n) is 6.32. The molecule has 1 amide bonds. The predicted molar refractivity (Wildman–Crippen MR) is 69.0 cm³/mol. The zero-order valence-electron chi connectivity index (χ0n) is 11.0. The van der Waals surface area contributed by atoms with Gasteiger partial charge in [-0.3, -0.25) is 9.89 Å². The molecule has 0 radical (unpaired) electrons. The fourth-order valence-corrected chi connectivity index (χ4v) is 2.62. The van der Waals surface area contributed by atoms with Gasteiger partial charge in [0.05, 0.1) is 5.92 Å². The number of likely N-dealkylation sites (tertiary alicyclic amines) is 1. The van der Waals surface area contributed by atoms with Crippen molar-refractivity contribution in [2.24, 2.45) is 5.92 Å². The zero-order chi connectivity index (χ0) is 14.0. The highest BCUT2D eigenvalue weighted by Crippen LogP contribution is 2.26. The summed E-state index contributed by atoms with van der Waals surface area (Å²) >= 11 is 0. The molecule has 7 heteroatoms. The van der Waals surface area contributed by atoms with Gasteiger partial charge >= 0.3 is 5.97 Å². The van der Waals surface area contributed by atoms with Crippen molar-refractivity contribution in [1.82, 2.24) is 15.1 Å². The highest BCUT2D eigenvalue weighted by atomic mass is 16.4. The first kappa shape index (κ1) is 13.5. The molecule has 2 atom stereocenters. The molecule has 0 saturated carbocycles. The van der Waals surface area contributed by atoms with E-state index in [1.807, 2.05) is 7.05 Å². The molecule has 1 fully saturated rings. The van der Waals surface area contributed by atoms with Crippen molar-refractivity contribution in [1.29, 1.82) is 0 Å². The summed E-state index contributed by atoms with van der Waals surface area (Å²) in [5.41, 5.74) is -0.0362. The molecule has 0 aliphatic carbocycles. The second-order valence-corrected chi connectivity index (χ2v) is 4.81. The Hall–Kier alpha value is -1.89. The van der Waals surface area contributed by atoms with Crippen molar-refractivity contribution in [2.75, 3.05) is 18.9 Å². The lowest BCUT2D eigenvalue weighted by Crippen LogP contribution is -2.35. The van der Waals surface area contributed by atoms with E-state index in [2.05, 4.69) is 27.3 Å². The predicted octanol–water partition coefficient (Wildman–Crippen LogP) is 0.777. The third kappa shape index (κ3) is 2.76. The summed E-state index contributed by atoms with van der Waals surface area (Å²) in [6.45, 7) is 2.96. The highest BCUT2D eigenvalue weighted by Gasteiger charge is 2.35. The van der Waals surface area contributed by atoms with E-state index in [0.29, 0.717) is 0 Å². The lowest BCUT2D eigenvalue weighted by Gasteiger charge is -2.22. The van der Waals surface area contributed by atoms with Gasteiger partial charge in [-0.05, 0) is 26.4 Å². The summed E-state index contributed by atoms with van der Waals surface area (Å²) in [7, 11) is 2.01. The van der Waals surface area contributed by atoms with E-state index in [4.69, 9.17) is 5.11 Å². The quantitative estimate of drug-likeness (QED) is 0.748. The molecule has 1 saturated heterocycles. The summed E-state index contributed by atoms with van der Waals surface area (Å²) in [6, 6.07) is 1.55. The van der Waals surface area contributed by atoms with Crippen LogP contribution in [-0.2, 0) is 4.79 Å². The minimum absolute atomic E-state index is 0.0362. The van der Waals surface area contributed by atoms with Crippen molar-refractivity contribution < 1.29 is 14.7 Å². The van der Waals surface area contributed by atoms with Crippen LogP contribution >= 0.6 is 0 Å². The third-order valence-corrected chi connectivity index (χ3v) is 3.64. The molecule has 2 heterocycles. The van der Waals surface area contributed by atoms with Crippen molar-refractivity contribution in [3.05, 3.63) is 11.8 Å². The van der Waals surface area contributed by atoms with E-state index < -0.39 is 5.97 Å². The van der Waals surface area contributed by atoms with Gasteiger partial charge in [-0.25, -0.2) is 4.79 Å². The fraction of sp³-hybridized carbons (Fsp3) is 0.583. The average Bonchev–Trinajstić information content (AvgIpc) is 2.95. The first-order valence-corrected chi connectivity index (χ1v) is 6.32. The monoisotopic (exact) mass is 266 g/mol. The van der Waals surface area contributed by atoms with Crippen LogP contribution in [0.25, 0.3) is 0 Å². The SMILES string of the molecule is CC[C@@H]1[C@@H](C(=O)Nc2cc(C(=O)O)[nH]n2)CCN1C. The topological polar surface area (TPSA) is 98.3 Å². The molecule has 1 aromatic rings. The van der Waals surface area contributed by atoms with Crippen molar-refractivity contribution in [3.8, 4) is 0 Å². The van der Waals surface area contributed by atoms with Crippen LogP contribution in [0.2, 0.25) is 0 Å². The number of aromatic nitrogens is 2. The Kier molecular flexibility index (Phi) is 3.84. The van der Waals surface area contributed by atoms with Gasteiger partial charge < -0.3 is 15.3 Å². The van der Waals surface area contributed by atoms with Gasteiger partial charge in [0.2, 0.25) is 5.91 Å². The third-order valence-electron chi connectivity index (χ3n) is 3.64. The number of H-pyrrole nitrogens is 1. The van der Waals surface area contributed by atoms with Gasteiger partial charge in [0.1, 0.15) is 5.69 Å². The van der Waals surface area contributed by atoms with Gasteiger partial charge in [-0.1, -0.05) is 6.92 Å². The molecule has 7 nitrogen and oxygen atoms in total. The maximum Gasteiger partial charge on any atom is 0.353 e. The lowest BCUT2D eigenvalue weighted by atomic mass is 9.97. The fourth-order valence-electron chi connectivity index (χ4n) is 2.62. The summed E-state index contributed by atoms with van der Waals surface area (Å²) in [5.74, 6) is -1.01. The standard InChI is InChI=1S/C12H18N4O3/c1-3-9-7(4-5-16(9)2)11(17)13-10-6-8(12(18)19)14-15-10/h6-7,9H,3-5H2,1-2H3,(H,18,19)(H2,13,14,15,17)/t7-,9+/m0/s1. The number of nitrogens with zero attached hydrogens (tertiary/aromatic N) is 2. The van der Waals surface area contributed by atoms with E-state index in [1.165, 1.54) is 6.07 Å². The number of aromatic amines is 1. The molecule has 0 aromatic carbocycles. The molecule has 19 heavy (non-hydrogen) atoms. The van der Waals surface area contributed by atoms with E-state index in [1.54, 1.807) is 0 Å². The molecule has 1 aromatic heterocycles. The molecule has 0 unspecified atom stereocenters. The lowest BCUT2D eigenvalue weighted by molar-refractivity contribution is -0.120. The maximum absolute atomic E-state index is 12.2. The molecule has 0 spiro atoms. The Balaban J connectivity index is 2.02. The normalized spacial score (nSPS) is 23.5. The number of hydrogen-bond donors (Lipinski definition) is 3. The number of aromatic carboxylic acids is 1. The molecular weight excluding hydrogens is 248 g/mol. The molecule has 2 rings (SSSR count). The van der Waals surface area contributed by atoms with Crippen LogP contribution in [-0.4, -0.2) is 51.7 Å². The number of amides is 1. The number of hydrogen-bond acceptors (Lipinski definition) is 4. The van der Waals surface area contributed by atoms with E-state index in [9.17, 15) is 9.59 Å². The Morgan fingerprint density at radius 2 is 2.37 bits per heavy atom. The van der Waals surface area contributed by atoms with Crippen LogP contribution < -0.4 is 5.32 Å².